The van der Waals surface area contributed by atoms with E-state index in [4.69, 9.17) is 4.74 Å². The molecule has 1 aromatic carbocycles. The second-order valence-corrected chi connectivity index (χ2v) is 6.04. The van der Waals surface area contributed by atoms with E-state index in [1.807, 2.05) is 32.9 Å². The van der Waals surface area contributed by atoms with Gasteiger partial charge in [-0.25, -0.2) is 4.79 Å². The van der Waals surface area contributed by atoms with Crippen LogP contribution in [0.5, 0.6) is 5.75 Å². The molecule has 1 aromatic rings. The maximum atomic E-state index is 12.0. The zero-order valence-corrected chi connectivity index (χ0v) is 13.5. The van der Waals surface area contributed by atoms with E-state index in [0.717, 1.165) is 5.56 Å². The third-order valence-corrected chi connectivity index (χ3v) is 3.05. The van der Waals surface area contributed by atoms with Crippen molar-refractivity contribution in [2.75, 3.05) is 6.61 Å². The topological polar surface area (TPSA) is 69.7 Å². The Kier molecular flexibility index (Phi) is 6.28. The van der Waals surface area contributed by atoms with Crippen LogP contribution in [0.1, 0.15) is 39.7 Å². The average molecular weight is 306 g/mol. The number of ketones is 1. The lowest BCUT2D eigenvalue weighted by Crippen LogP contribution is -2.21. The van der Waals surface area contributed by atoms with Gasteiger partial charge in [0.05, 0.1) is 0 Å². The lowest BCUT2D eigenvalue weighted by molar-refractivity contribution is -0.152. The molecular weight excluding hydrogens is 284 g/mol. The van der Waals surface area contributed by atoms with Crippen LogP contribution in [-0.2, 0) is 25.5 Å². The Morgan fingerprint density at radius 3 is 2.32 bits per heavy atom. The number of aryl methyl sites for hydroxylation is 1. The van der Waals surface area contributed by atoms with Gasteiger partial charge < -0.3 is 9.47 Å². The van der Waals surface area contributed by atoms with Crippen LogP contribution in [0.25, 0.3) is 0 Å². The van der Waals surface area contributed by atoms with E-state index in [1.165, 1.54) is 6.92 Å². The standard InChI is InChI=1S/C17H22O5/c1-12(18)21-11-16(20)22-14-8-6-5-7-13(14)9-10-15(19)17(2,3)4/h5-8H,9-11H2,1-4H3. The van der Waals surface area contributed by atoms with E-state index in [1.54, 1.807) is 12.1 Å². The number of benzene rings is 1. The molecule has 0 saturated heterocycles. The highest BCUT2D eigenvalue weighted by Gasteiger charge is 2.21. The molecule has 5 nitrogen and oxygen atoms in total. The van der Waals surface area contributed by atoms with Crippen molar-refractivity contribution in [1.82, 2.24) is 0 Å². The first kappa shape index (κ1) is 17.9. The number of esters is 2. The summed E-state index contributed by atoms with van der Waals surface area (Å²) < 4.78 is 9.78. The summed E-state index contributed by atoms with van der Waals surface area (Å²) in [6.07, 6.45) is 0.870. The monoisotopic (exact) mass is 306 g/mol. The smallest absolute Gasteiger partial charge is 0.349 e. The number of hydrogen-bond donors (Lipinski definition) is 0. The largest absolute Gasteiger partial charge is 0.454 e. The molecule has 5 heteroatoms. The molecule has 0 fully saturated rings. The molecule has 0 N–H and O–H groups in total. The zero-order valence-electron chi connectivity index (χ0n) is 13.5. The van der Waals surface area contributed by atoms with E-state index in [2.05, 4.69) is 4.74 Å². The van der Waals surface area contributed by atoms with E-state index >= 15 is 0 Å². The van der Waals surface area contributed by atoms with Gasteiger partial charge in [-0.05, 0) is 18.1 Å². The molecule has 0 aliphatic heterocycles. The molecule has 0 aromatic heterocycles. The van der Waals surface area contributed by atoms with Crippen molar-refractivity contribution in [1.29, 1.82) is 0 Å². The molecule has 0 bridgehead atoms. The molecule has 0 aliphatic rings. The van der Waals surface area contributed by atoms with Crippen molar-refractivity contribution in [2.24, 2.45) is 5.41 Å². The van der Waals surface area contributed by atoms with Crippen LogP contribution < -0.4 is 4.74 Å². The van der Waals surface area contributed by atoms with Gasteiger partial charge in [0.2, 0.25) is 0 Å². The highest BCUT2D eigenvalue weighted by atomic mass is 16.6. The molecular formula is C17H22O5. The number of ether oxygens (including phenoxy) is 2. The van der Waals surface area contributed by atoms with Crippen molar-refractivity contribution >= 4 is 17.7 Å². The van der Waals surface area contributed by atoms with Crippen LogP contribution in [0.2, 0.25) is 0 Å². The van der Waals surface area contributed by atoms with Gasteiger partial charge in [-0.15, -0.1) is 0 Å². The van der Waals surface area contributed by atoms with Gasteiger partial charge >= 0.3 is 11.9 Å². The normalized spacial score (nSPS) is 10.9. The zero-order chi connectivity index (χ0) is 16.8. The summed E-state index contributed by atoms with van der Waals surface area (Å²) in [7, 11) is 0. The quantitative estimate of drug-likeness (QED) is 0.597. The number of hydrogen-bond acceptors (Lipinski definition) is 5. The molecule has 0 atom stereocenters. The van der Waals surface area contributed by atoms with Crippen molar-refractivity contribution in [2.45, 2.75) is 40.5 Å². The molecule has 22 heavy (non-hydrogen) atoms. The van der Waals surface area contributed by atoms with Crippen LogP contribution in [-0.4, -0.2) is 24.3 Å². The van der Waals surface area contributed by atoms with Crippen LogP contribution in [0.3, 0.4) is 0 Å². The Hall–Kier alpha value is -2.17. The van der Waals surface area contributed by atoms with Crippen molar-refractivity contribution in [3.05, 3.63) is 29.8 Å². The second kappa shape index (κ2) is 7.73. The SMILES string of the molecule is CC(=O)OCC(=O)Oc1ccccc1CCC(=O)C(C)(C)C. The molecule has 0 amide bonds. The summed E-state index contributed by atoms with van der Waals surface area (Å²) in [5.74, 6) is -0.652. The number of Topliss-reactive ketones (excluding diaryl/α,β-unsaturated/α-hetero) is 1. The Bertz CT molecular complexity index is 554. The fourth-order valence-electron chi connectivity index (χ4n) is 1.75. The first-order valence-corrected chi connectivity index (χ1v) is 7.15. The minimum absolute atomic E-state index is 0.147. The molecule has 0 unspecified atom stereocenters. The Labute approximate surface area is 130 Å². The van der Waals surface area contributed by atoms with Gasteiger partial charge in [0.15, 0.2) is 6.61 Å². The fraction of sp³-hybridized carbons (Fsp3) is 0.471. The predicted molar refractivity (Wildman–Crippen MR) is 81.5 cm³/mol. The number of rotatable bonds is 6. The van der Waals surface area contributed by atoms with Gasteiger partial charge in [-0.1, -0.05) is 39.0 Å². The van der Waals surface area contributed by atoms with Gasteiger partial charge in [0.25, 0.3) is 0 Å². The summed E-state index contributed by atoms with van der Waals surface area (Å²) in [5.41, 5.74) is 0.386. The van der Waals surface area contributed by atoms with Crippen LogP contribution >= 0.6 is 0 Å². The summed E-state index contributed by atoms with van der Waals surface area (Å²) in [5, 5.41) is 0. The summed E-state index contributed by atoms with van der Waals surface area (Å²) in [6.45, 7) is 6.42. The molecule has 0 aliphatic carbocycles. The van der Waals surface area contributed by atoms with Crippen molar-refractivity contribution in [3.63, 3.8) is 0 Å². The third kappa shape index (κ3) is 6.08. The molecule has 120 valence electrons. The number of carbonyl (C=O) groups is 3. The van der Waals surface area contributed by atoms with Crippen molar-refractivity contribution < 1.29 is 23.9 Å². The second-order valence-electron chi connectivity index (χ2n) is 6.04. The molecule has 0 spiro atoms. The van der Waals surface area contributed by atoms with Crippen molar-refractivity contribution in [3.8, 4) is 5.75 Å². The summed E-state index contributed by atoms with van der Waals surface area (Å²) in [6, 6.07) is 7.02. The maximum Gasteiger partial charge on any atom is 0.349 e. The van der Waals surface area contributed by atoms with Crippen LogP contribution in [0.4, 0.5) is 0 Å². The predicted octanol–water partition coefficient (Wildman–Crippen LogP) is 2.70. The minimum Gasteiger partial charge on any atom is -0.454 e. The van der Waals surface area contributed by atoms with Crippen LogP contribution in [0.15, 0.2) is 24.3 Å². The van der Waals surface area contributed by atoms with E-state index in [0.29, 0.717) is 18.6 Å². The van der Waals surface area contributed by atoms with E-state index in [-0.39, 0.29) is 11.2 Å². The fourth-order valence-corrected chi connectivity index (χ4v) is 1.75. The van der Waals surface area contributed by atoms with E-state index in [9.17, 15) is 14.4 Å². The average Bonchev–Trinajstić information content (AvgIpc) is 2.42. The summed E-state index contributed by atoms with van der Waals surface area (Å²) >= 11 is 0. The van der Waals surface area contributed by atoms with E-state index < -0.39 is 18.5 Å². The Morgan fingerprint density at radius 2 is 1.73 bits per heavy atom. The Morgan fingerprint density at radius 1 is 1.09 bits per heavy atom. The first-order chi connectivity index (χ1) is 10.2. The van der Waals surface area contributed by atoms with Gasteiger partial charge in [0.1, 0.15) is 11.5 Å². The molecule has 0 heterocycles. The lowest BCUT2D eigenvalue weighted by atomic mass is 9.87. The highest BCUT2D eigenvalue weighted by Crippen LogP contribution is 2.23. The maximum absolute atomic E-state index is 12.0. The molecule has 0 saturated carbocycles. The molecule has 1 rings (SSSR count). The van der Waals surface area contributed by atoms with Gasteiger partial charge in [-0.2, -0.15) is 0 Å². The molecule has 0 radical (unpaired) electrons. The van der Waals surface area contributed by atoms with Crippen LogP contribution in [0, 0.1) is 5.41 Å². The third-order valence-electron chi connectivity index (χ3n) is 3.05. The number of para-hydroxylation sites is 1. The minimum atomic E-state index is -0.648. The Balaban J connectivity index is 2.68. The first-order valence-electron chi connectivity index (χ1n) is 7.15. The van der Waals surface area contributed by atoms with Gasteiger partial charge in [0, 0.05) is 18.8 Å². The highest BCUT2D eigenvalue weighted by molar-refractivity contribution is 5.84. The van der Waals surface area contributed by atoms with Gasteiger partial charge in [-0.3, -0.25) is 9.59 Å². The number of carbonyl (C=O) groups excluding carboxylic acids is 3. The summed E-state index contributed by atoms with van der Waals surface area (Å²) in [4.78, 5) is 34.3. The lowest BCUT2D eigenvalue weighted by Gasteiger charge is -2.17.